The normalized spacial score (nSPS) is 17.3. The molecule has 4 aromatic rings. The maximum Gasteiger partial charge on any atom is 0.134 e. The molecule has 2 heterocycles. The quantitative estimate of drug-likeness (QED) is 0.233. The van der Waals surface area contributed by atoms with Crippen molar-refractivity contribution in [2.45, 2.75) is 64.3 Å². The average molecular weight is 532 g/mol. The van der Waals surface area contributed by atoms with Crippen molar-refractivity contribution < 1.29 is 9.84 Å². The van der Waals surface area contributed by atoms with Crippen molar-refractivity contribution in [1.29, 1.82) is 0 Å². The molecule has 1 saturated heterocycles. The number of aliphatic hydroxyl groups excluding tert-OH is 1. The molecular formula is C32H38ClN3O2. The number of hydrogen-bond acceptors (Lipinski definition) is 5. The van der Waals surface area contributed by atoms with Crippen molar-refractivity contribution in [2.24, 2.45) is 0 Å². The zero-order valence-corrected chi connectivity index (χ0v) is 23.3. The Morgan fingerprint density at radius 1 is 1.08 bits per heavy atom. The Morgan fingerprint density at radius 3 is 2.71 bits per heavy atom. The van der Waals surface area contributed by atoms with E-state index in [-0.39, 0.29) is 11.6 Å². The maximum absolute atomic E-state index is 11.2. The Balaban J connectivity index is 1.22. The number of likely N-dealkylation sites (tertiary alicyclic amines) is 1. The van der Waals surface area contributed by atoms with Crippen LogP contribution in [-0.4, -0.2) is 52.4 Å². The molecule has 0 radical (unpaired) electrons. The summed E-state index contributed by atoms with van der Waals surface area (Å²) in [5.41, 5.74) is 3.00. The Bertz CT molecular complexity index is 1410. The molecule has 5 nitrogen and oxygen atoms in total. The number of nitrogens with one attached hydrogen (secondary N) is 1. The van der Waals surface area contributed by atoms with E-state index >= 15 is 0 Å². The number of nitrogens with zero attached hydrogens (tertiary/aromatic N) is 2. The molecular weight excluding hydrogens is 494 g/mol. The van der Waals surface area contributed by atoms with Crippen molar-refractivity contribution in [3.63, 3.8) is 0 Å². The minimum absolute atomic E-state index is 0.0838. The molecule has 5 rings (SSSR count). The molecule has 0 aliphatic carbocycles. The number of β-amino-alcohol motifs (C(OH)–C–C–N with tert-alkyl or cyclic N) is 1. The van der Waals surface area contributed by atoms with Gasteiger partial charge in [0.25, 0.3) is 0 Å². The SMILES string of the molecule is CCOc1ccc2nc(Cl)c(CN3CCC[C@@H]3[C@H](O)CNC(C)(C)Cc3ccc4ccccc4c3)cc2c1. The lowest BCUT2D eigenvalue weighted by Gasteiger charge is -2.33. The molecule has 2 atom stereocenters. The van der Waals surface area contributed by atoms with Crippen molar-refractivity contribution >= 4 is 33.3 Å². The first-order valence-electron chi connectivity index (χ1n) is 13.7. The summed E-state index contributed by atoms with van der Waals surface area (Å²) in [6, 6.07) is 23.2. The van der Waals surface area contributed by atoms with E-state index in [1.54, 1.807) is 0 Å². The molecule has 0 bridgehead atoms. The van der Waals surface area contributed by atoms with Crippen LogP contribution >= 0.6 is 11.6 Å². The van der Waals surface area contributed by atoms with Crippen LogP contribution < -0.4 is 10.1 Å². The van der Waals surface area contributed by atoms with Gasteiger partial charge in [-0.15, -0.1) is 0 Å². The number of pyridine rings is 1. The van der Waals surface area contributed by atoms with Crippen LogP contribution in [-0.2, 0) is 13.0 Å². The average Bonchev–Trinajstić information content (AvgIpc) is 3.36. The van der Waals surface area contributed by atoms with Crippen LogP contribution in [0.2, 0.25) is 5.15 Å². The first kappa shape index (κ1) is 26.9. The Hall–Kier alpha value is -2.70. The molecule has 0 spiro atoms. The van der Waals surface area contributed by atoms with E-state index in [1.165, 1.54) is 16.3 Å². The third kappa shape index (κ3) is 6.29. The predicted molar refractivity (Wildman–Crippen MR) is 157 cm³/mol. The van der Waals surface area contributed by atoms with Crippen molar-refractivity contribution in [2.75, 3.05) is 19.7 Å². The first-order valence-corrected chi connectivity index (χ1v) is 14.1. The highest BCUT2D eigenvalue weighted by Gasteiger charge is 2.32. The number of hydrogen-bond donors (Lipinski definition) is 2. The van der Waals surface area contributed by atoms with Gasteiger partial charge in [0.1, 0.15) is 10.9 Å². The number of fused-ring (bicyclic) bond motifs is 2. The third-order valence-electron chi connectivity index (χ3n) is 7.60. The van der Waals surface area contributed by atoms with Crippen LogP contribution in [0, 0.1) is 0 Å². The van der Waals surface area contributed by atoms with Gasteiger partial charge in [-0.1, -0.05) is 54.1 Å². The Morgan fingerprint density at radius 2 is 1.89 bits per heavy atom. The van der Waals surface area contributed by atoms with Gasteiger partial charge < -0.3 is 15.2 Å². The van der Waals surface area contributed by atoms with Gasteiger partial charge in [-0.3, -0.25) is 4.90 Å². The summed E-state index contributed by atoms with van der Waals surface area (Å²) in [6.45, 7) is 9.17. The van der Waals surface area contributed by atoms with Gasteiger partial charge in [0.15, 0.2) is 0 Å². The van der Waals surface area contributed by atoms with E-state index in [4.69, 9.17) is 16.3 Å². The van der Waals surface area contributed by atoms with Crippen LogP contribution in [0.5, 0.6) is 5.75 Å². The monoisotopic (exact) mass is 531 g/mol. The van der Waals surface area contributed by atoms with Crippen molar-refractivity contribution in [1.82, 2.24) is 15.2 Å². The lowest BCUT2D eigenvalue weighted by atomic mass is 9.93. The summed E-state index contributed by atoms with van der Waals surface area (Å²) in [5.74, 6) is 0.835. The second kappa shape index (κ2) is 11.6. The standard InChI is InChI=1S/C32H38ClN3O2/c1-4-38-27-13-14-28-25(18-27)17-26(31(33)35-28)21-36-15-7-10-29(36)30(37)20-34-32(2,3)19-22-11-12-23-8-5-6-9-24(23)16-22/h5-6,8-9,11-14,16-18,29-30,34,37H,4,7,10,15,19-21H2,1-3H3/t29-,30-/m1/s1. The smallest absolute Gasteiger partial charge is 0.134 e. The Labute approximate surface area is 230 Å². The summed E-state index contributed by atoms with van der Waals surface area (Å²) in [7, 11) is 0. The second-order valence-electron chi connectivity index (χ2n) is 11.1. The third-order valence-corrected chi connectivity index (χ3v) is 7.93. The van der Waals surface area contributed by atoms with Crippen molar-refractivity contribution in [3.05, 3.63) is 83.0 Å². The molecule has 0 saturated carbocycles. The first-order chi connectivity index (χ1) is 18.3. The van der Waals surface area contributed by atoms with Crippen LogP contribution in [0.25, 0.3) is 21.7 Å². The molecule has 0 amide bonds. The summed E-state index contributed by atoms with van der Waals surface area (Å²) >= 11 is 6.60. The number of halogens is 1. The highest BCUT2D eigenvalue weighted by atomic mass is 35.5. The van der Waals surface area contributed by atoms with Crippen LogP contribution in [0.15, 0.2) is 66.7 Å². The fraction of sp³-hybridized carbons (Fsp3) is 0.406. The molecule has 1 aliphatic rings. The van der Waals surface area contributed by atoms with E-state index in [0.717, 1.165) is 48.0 Å². The van der Waals surface area contributed by atoms with Gasteiger partial charge in [-0.25, -0.2) is 4.98 Å². The lowest BCUT2D eigenvalue weighted by molar-refractivity contribution is 0.0633. The molecule has 0 unspecified atom stereocenters. The molecule has 200 valence electrons. The molecule has 2 N–H and O–H groups in total. The molecule has 1 aliphatic heterocycles. The zero-order chi connectivity index (χ0) is 26.7. The number of benzene rings is 3. The summed E-state index contributed by atoms with van der Waals surface area (Å²) in [4.78, 5) is 6.98. The van der Waals surface area contributed by atoms with Gasteiger partial charge in [-0.05, 0) is 87.2 Å². The predicted octanol–water partition coefficient (Wildman–Crippen LogP) is 6.38. The molecule has 1 aromatic heterocycles. The van der Waals surface area contributed by atoms with Crippen LogP contribution in [0.4, 0.5) is 0 Å². The van der Waals surface area contributed by atoms with E-state index < -0.39 is 6.10 Å². The molecule has 3 aromatic carbocycles. The largest absolute Gasteiger partial charge is 0.494 e. The molecule has 38 heavy (non-hydrogen) atoms. The highest BCUT2D eigenvalue weighted by molar-refractivity contribution is 6.30. The second-order valence-corrected chi connectivity index (χ2v) is 11.5. The summed E-state index contributed by atoms with van der Waals surface area (Å²) in [6.07, 6.45) is 2.46. The summed E-state index contributed by atoms with van der Waals surface area (Å²) < 4.78 is 5.67. The minimum Gasteiger partial charge on any atom is -0.494 e. The fourth-order valence-corrected chi connectivity index (χ4v) is 5.89. The van der Waals surface area contributed by atoms with Crippen molar-refractivity contribution in [3.8, 4) is 5.75 Å². The fourth-order valence-electron chi connectivity index (χ4n) is 5.68. The number of aliphatic hydroxyl groups is 1. The molecule has 1 fully saturated rings. The zero-order valence-electron chi connectivity index (χ0n) is 22.6. The molecule has 6 heteroatoms. The number of ether oxygens (including phenoxy) is 1. The van der Waals surface area contributed by atoms with E-state index in [2.05, 4.69) is 77.6 Å². The number of rotatable bonds is 10. The van der Waals surface area contributed by atoms with Crippen LogP contribution in [0.1, 0.15) is 44.7 Å². The van der Waals surface area contributed by atoms with Gasteiger partial charge in [0.2, 0.25) is 0 Å². The number of aromatic nitrogens is 1. The minimum atomic E-state index is -0.467. The van der Waals surface area contributed by atoms with E-state index in [0.29, 0.717) is 24.8 Å². The Kier molecular flexibility index (Phi) is 8.20. The van der Waals surface area contributed by atoms with Gasteiger partial charge >= 0.3 is 0 Å². The topological polar surface area (TPSA) is 57.6 Å². The van der Waals surface area contributed by atoms with E-state index in [1.807, 2.05) is 25.1 Å². The highest BCUT2D eigenvalue weighted by Crippen LogP contribution is 2.29. The summed E-state index contributed by atoms with van der Waals surface area (Å²) in [5, 5.41) is 18.9. The van der Waals surface area contributed by atoms with Gasteiger partial charge in [0, 0.05) is 35.6 Å². The van der Waals surface area contributed by atoms with Gasteiger partial charge in [-0.2, -0.15) is 0 Å². The maximum atomic E-state index is 11.2. The van der Waals surface area contributed by atoms with Gasteiger partial charge in [0.05, 0.1) is 18.2 Å². The lowest BCUT2D eigenvalue weighted by Crippen LogP contribution is -2.50. The van der Waals surface area contributed by atoms with Crippen LogP contribution in [0.3, 0.4) is 0 Å². The van der Waals surface area contributed by atoms with E-state index in [9.17, 15) is 5.11 Å².